The average molecular weight is 228 g/mol. The molecular formula is C13H16N4. The molecule has 2 N–H and O–H groups in total. The van der Waals surface area contributed by atoms with E-state index in [0.29, 0.717) is 12.5 Å². The Bertz CT molecular complexity index is 518. The molecule has 0 fully saturated rings. The molecule has 1 aromatic carbocycles. The van der Waals surface area contributed by atoms with Gasteiger partial charge in [0.05, 0.1) is 5.69 Å². The molecule has 4 heteroatoms. The molecule has 0 amide bonds. The maximum atomic E-state index is 5.49. The quantitative estimate of drug-likeness (QED) is 0.853. The molecule has 1 aromatic heterocycles. The maximum Gasteiger partial charge on any atom is 0.0839 e. The Hall–Kier alpha value is -1.68. The topological polar surface area (TPSA) is 56.7 Å². The summed E-state index contributed by atoms with van der Waals surface area (Å²) in [6.45, 7) is 1.56. The predicted molar refractivity (Wildman–Crippen MR) is 65.7 cm³/mol. The monoisotopic (exact) mass is 228 g/mol. The molecule has 4 nitrogen and oxygen atoms in total. The van der Waals surface area contributed by atoms with Gasteiger partial charge in [-0.1, -0.05) is 29.5 Å². The van der Waals surface area contributed by atoms with E-state index in [-0.39, 0.29) is 0 Å². The second kappa shape index (κ2) is 4.30. The fourth-order valence-electron chi connectivity index (χ4n) is 2.44. The largest absolute Gasteiger partial charge is 0.330 e. The van der Waals surface area contributed by atoms with Crippen LogP contribution in [-0.4, -0.2) is 21.5 Å². The summed E-state index contributed by atoms with van der Waals surface area (Å²) in [5.41, 5.74) is 9.41. The van der Waals surface area contributed by atoms with Crippen LogP contribution in [0.1, 0.15) is 22.7 Å². The summed E-state index contributed by atoms with van der Waals surface area (Å²) in [5, 5.41) is 8.25. The standard InChI is InChI=1S/C13H16N4/c14-6-5-12-9-17(16-15-12)8-11-7-10-3-1-2-4-13(10)11/h1-4,9,11H,5-8,14H2. The number of hydrogen-bond donors (Lipinski definition) is 1. The predicted octanol–water partition coefficient (Wildman–Crippen LogP) is 1.12. The highest BCUT2D eigenvalue weighted by molar-refractivity contribution is 5.39. The highest BCUT2D eigenvalue weighted by atomic mass is 15.4. The number of aromatic nitrogens is 3. The van der Waals surface area contributed by atoms with E-state index in [1.54, 1.807) is 0 Å². The van der Waals surface area contributed by atoms with Crippen LogP contribution in [0.2, 0.25) is 0 Å². The van der Waals surface area contributed by atoms with E-state index in [4.69, 9.17) is 5.73 Å². The van der Waals surface area contributed by atoms with Crippen LogP contribution >= 0.6 is 0 Å². The highest BCUT2D eigenvalue weighted by Gasteiger charge is 2.25. The van der Waals surface area contributed by atoms with Crippen molar-refractivity contribution in [2.24, 2.45) is 5.73 Å². The molecular weight excluding hydrogens is 212 g/mol. The van der Waals surface area contributed by atoms with Crippen molar-refractivity contribution in [1.82, 2.24) is 15.0 Å². The molecule has 2 aromatic rings. The van der Waals surface area contributed by atoms with Crippen molar-refractivity contribution < 1.29 is 0 Å². The van der Waals surface area contributed by atoms with Crippen LogP contribution in [0.3, 0.4) is 0 Å². The van der Waals surface area contributed by atoms with Crippen LogP contribution in [-0.2, 0) is 19.4 Å². The SMILES string of the molecule is NCCc1cn(CC2Cc3ccccc32)nn1. The molecule has 1 unspecified atom stereocenters. The van der Waals surface area contributed by atoms with Gasteiger partial charge >= 0.3 is 0 Å². The van der Waals surface area contributed by atoms with E-state index in [0.717, 1.165) is 25.1 Å². The maximum absolute atomic E-state index is 5.49. The summed E-state index contributed by atoms with van der Waals surface area (Å²) in [6, 6.07) is 8.62. The minimum Gasteiger partial charge on any atom is -0.330 e. The van der Waals surface area contributed by atoms with Crippen molar-refractivity contribution in [1.29, 1.82) is 0 Å². The zero-order valence-corrected chi connectivity index (χ0v) is 9.71. The zero-order chi connectivity index (χ0) is 11.7. The molecule has 3 rings (SSSR count). The second-order valence-corrected chi connectivity index (χ2v) is 4.57. The van der Waals surface area contributed by atoms with Gasteiger partial charge < -0.3 is 5.73 Å². The Kier molecular flexibility index (Phi) is 2.65. The summed E-state index contributed by atoms with van der Waals surface area (Å²) in [7, 11) is 0. The molecule has 1 heterocycles. The number of fused-ring (bicyclic) bond motifs is 1. The van der Waals surface area contributed by atoms with Crippen LogP contribution in [0.25, 0.3) is 0 Å². The lowest BCUT2D eigenvalue weighted by Crippen LogP contribution is -2.22. The normalized spacial score (nSPS) is 17.6. The van der Waals surface area contributed by atoms with Crippen LogP contribution < -0.4 is 5.73 Å². The lowest BCUT2D eigenvalue weighted by Gasteiger charge is -2.29. The van der Waals surface area contributed by atoms with E-state index < -0.39 is 0 Å². The number of rotatable bonds is 4. The van der Waals surface area contributed by atoms with Gasteiger partial charge in [0.25, 0.3) is 0 Å². The molecule has 0 aliphatic heterocycles. The molecule has 0 radical (unpaired) electrons. The van der Waals surface area contributed by atoms with Gasteiger partial charge in [-0.05, 0) is 24.1 Å². The fourth-order valence-corrected chi connectivity index (χ4v) is 2.44. The zero-order valence-electron chi connectivity index (χ0n) is 9.71. The average Bonchev–Trinajstić information content (AvgIpc) is 2.74. The van der Waals surface area contributed by atoms with E-state index in [2.05, 4.69) is 34.6 Å². The summed E-state index contributed by atoms with van der Waals surface area (Å²) in [6.07, 6.45) is 3.97. The molecule has 0 saturated heterocycles. The summed E-state index contributed by atoms with van der Waals surface area (Å²) in [5.74, 6) is 0.596. The third-order valence-electron chi connectivity index (χ3n) is 3.36. The van der Waals surface area contributed by atoms with E-state index in [9.17, 15) is 0 Å². The first kappa shape index (κ1) is 10.5. The number of benzene rings is 1. The third kappa shape index (κ3) is 1.96. The minimum absolute atomic E-state index is 0.596. The minimum atomic E-state index is 0.596. The summed E-state index contributed by atoms with van der Waals surface area (Å²) >= 11 is 0. The summed E-state index contributed by atoms with van der Waals surface area (Å²) < 4.78 is 1.94. The molecule has 0 saturated carbocycles. The molecule has 1 aliphatic carbocycles. The Labute approximate surface area is 100 Å². The van der Waals surface area contributed by atoms with Crippen LogP contribution in [0, 0.1) is 0 Å². The van der Waals surface area contributed by atoms with Gasteiger partial charge in [0.15, 0.2) is 0 Å². The molecule has 1 aliphatic rings. The van der Waals surface area contributed by atoms with Crippen LogP contribution in [0.15, 0.2) is 30.5 Å². The number of nitrogens with zero attached hydrogens (tertiary/aromatic N) is 3. The first-order valence-corrected chi connectivity index (χ1v) is 6.03. The lowest BCUT2D eigenvalue weighted by atomic mass is 9.78. The van der Waals surface area contributed by atoms with Gasteiger partial charge in [-0.2, -0.15) is 0 Å². The van der Waals surface area contributed by atoms with Gasteiger partial charge in [0.1, 0.15) is 0 Å². The molecule has 1 atom stereocenters. The van der Waals surface area contributed by atoms with Gasteiger partial charge in [-0.15, -0.1) is 5.10 Å². The Morgan fingerprint density at radius 3 is 3.06 bits per heavy atom. The molecule has 0 bridgehead atoms. The van der Waals surface area contributed by atoms with Crippen LogP contribution in [0.5, 0.6) is 0 Å². The first-order chi connectivity index (χ1) is 8.36. The van der Waals surface area contributed by atoms with E-state index in [1.165, 1.54) is 11.1 Å². The Balaban J connectivity index is 1.69. The fraction of sp³-hybridized carbons (Fsp3) is 0.385. The first-order valence-electron chi connectivity index (χ1n) is 6.03. The Morgan fingerprint density at radius 1 is 1.35 bits per heavy atom. The van der Waals surface area contributed by atoms with Crippen molar-refractivity contribution in [3.05, 3.63) is 47.3 Å². The number of hydrogen-bond acceptors (Lipinski definition) is 3. The van der Waals surface area contributed by atoms with Crippen molar-refractivity contribution in [3.8, 4) is 0 Å². The Morgan fingerprint density at radius 2 is 2.24 bits per heavy atom. The van der Waals surface area contributed by atoms with Gasteiger partial charge in [0.2, 0.25) is 0 Å². The van der Waals surface area contributed by atoms with Gasteiger partial charge in [-0.25, -0.2) is 0 Å². The van der Waals surface area contributed by atoms with Gasteiger partial charge in [-0.3, -0.25) is 4.68 Å². The van der Waals surface area contributed by atoms with Crippen molar-refractivity contribution in [2.75, 3.05) is 6.54 Å². The van der Waals surface area contributed by atoms with Crippen molar-refractivity contribution in [3.63, 3.8) is 0 Å². The smallest absolute Gasteiger partial charge is 0.0839 e. The number of nitrogens with two attached hydrogens (primary N) is 1. The molecule has 17 heavy (non-hydrogen) atoms. The van der Waals surface area contributed by atoms with E-state index >= 15 is 0 Å². The van der Waals surface area contributed by atoms with E-state index in [1.807, 2.05) is 10.9 Å². The lowest BCUT2D eigenvalue weighted by molar-refractivity contribution is 0.465. The van der Waals surface area contributed by atoms with Crippen LogP contribution in [0.4, 0.5) is 0 Å². The van der Waals surface area contributed by atoms with Gasteiger partial charge in [0, 0.05) is 25.1 Å². The van der Waals surface area contributed by atoms with Crippen molar-refractivity contribution >= 4 is 0 Å². The van der Waals surface area contributed by atoms with Crippen molar-refractivity contribution in [2.45, 2.75) is 25.3 Å². The highest BCUT2D eigenvalue weighted by Crippen LogP contribution is 2.35. The molecule has 88 valence electrons. The molecule has 0 spiro atoms. The second-order valence-electron chi connectivity index (χ2n) is 4.57. The summed E-state index contributed by atoms with van der Waals surface area (Å²) in [4.78, 5) is 0. The third-order valence-corrected chi connectivity index (χ3v) is 3.36.